The molecule has 0 unspecified atom stereocenters. The molecule has 110 valence electrons. The number of carbonyl (C=O) groups is 1. The predicted octanol–water partition coefficient (Wildman–Crippen LogP) is 0.797. The second kappa shape index (κ2) is 6.19. The van der Waals surface area contributed by atoms with E-state index in [1.807, 2.05) is 0 Å². The predicted molar refractivity (Wildman–Crippen MR) is 77.5 cm³/mol. The Hall–Kier alpha value is -1.99. The van der Waals surface area contributed by atoms with Gasteiger partial charge in [-0.1, -0.05) is 11.6 Å². The first-order chi connectivity index (χ1) is 10.2. The van der Waals surface area contributed by atoms with Crippen LogP contribution < -0.4 is 10.6 Å². The Kier molecular flexibility index (Phi) is 4.12. The lowest BCUT2D eigenvalue weighted by molar-refractivity contribution is 0.0929. The van der Waals surface area contributed by atoms with Crippen LogP contribution in [0.1, 0.15) is 23.2 Å². The molecule has 1 aromatic carbocycles. The number of amides is 1. The zero-order chi connectivity index (χ0) is 14.7. The molecule has 8 heteroatoms. The van der Waals surface area contributed by atoms with Crippen LogP contribution >= 0.6 is 11.6 Å². The summed E-state index contributed by atoms with van der Waals surface area (Å²) < 4.78 is 1.45. The van der Waals surface area contributed by atoms with Gasteiger partial charge >= 0.3 is 0 Å². The maximum atomic E-state index is 12.5. The van der Waals surface area contributed by atoms with Crippen molar-refractivity contribution in [3.8, 4) is 5.69 Å². The van der Waals surface area contributed by atoms with E-state index in [9.17, 15) is 4.79 Å². The molecule has 1 aliphatic heterocycles. The van der Waals surface area contributed by atoms with Gasteiger partial charge < -0.3 is 10.6 Å². The monoisotopic (exact) mass is 306 g/mol. The van der Waals surface area contributed by atoms with Crippen molar-refractivity contribution in [1.29, 1.82) is 0 Å². The highest BCUT2D eigenvalue weighted by molar-refractivity contribution is 6.31. The van der Waals surface area contributed by atoms with Crippen LogP contribution in [-0.2, 0) is 0 Å². The first kappa shape index (κ1) is 14.0. The van der Waals surface area contributed by atoms with Crippen molar-refractivity contribution in [3.05, 3.63) is 35.1 Å². The molecule has 1 aromatic heterocycles. The topological polar surface area (TPSA) is 84.7 Å². The molecule has 2 aromatic rings. The van der Waals surface area contributed by atoms with Crippen LogP contribution in [0.15, 0.2) is 24.5 Å². The van der Waals surface area contributed by atoms with Crippen LogP contribution in [0, 0.1) is 0 Å². The van der Waals surface area contributed by atoms with Gasteiger partial charge in [-0.25, -0.2) is 0 Å². The Morgan fingerprint density at radius 2 is 2.19 bits per heavy atom. The minimum atomic E-state index is -0.157. The number of hydrogen-bond donors (Lipinski definition) is 2. The normalized spacial score (nSPS) is 15.9. The van der Waals surface area contributed by atoms with Gasteiger partial charge in [0.05, 0.1) is 11.3 Å². The van der Waals surface area contributed by atoms with Crippen LogP contribution in [0.5, 0.6) is 0 Å². The molecule has 2 heterocycles. The van der Waals surface area contributed by atoms with Crippen molar-refractivity contribution in [2.24, 2.45) is 0 Å². The quantitative estimate of drug-likeness (QED) is 0.876. The highest BCUT2D eigenvalue weighted by Crippen LogP contribution is 2.19. The first-order valence-electron chi connectivity index (χ1n) is 6.78. The van der Waals surface area contributed by atoms with E-state index < -0.39 is 0 Å². The number of hydrogen-bond acceptors (Lipinski definition) is 5. The molecule has 0 radical (unpaired) electrons. The molecule has 0 atom stereocenters. The Labute approximate surface area is 126 Å². The molecule has 1 amide bonds. The average molecular weight is 307 g/mol. The number of carbonyl (C=O) groups excluding carboxylic acids is 1. The summed E-state index contributed by atoms with van der Waals surface area (Å²) in [6, 6.07) is 5.25. The maximum Gasteiger partial charge on any atom is 0.253 e. The summed E-state index contributed by atoms with van der Waals surface area (Å²) in [7, 11) is 0. The van der Waals surface area contributed by atoms with E-state index in [1.165, 1.54) is 11.0 Å². The van der Waals surface area contributed by atoms with Crippen molar-refractivity contribution >= 4 is 17.5 Å². The zero-order valence-electron chi connectivity index (χ0n) is 11.3. The average Bonchev–Trinajstić information content (AvgIpc) is 3.02. The zero-order valence-corrected chi connectivity index (χ0v) is 12.0. The summed E-state index contributed by atoms with van der Waals surface area (Å²) in [4.78, 5) is 12.5. The molecule has 3 rings (SSSR count). The number of nitrogens with zero attached hydrogens (tertiary/aromatic N) is 4. The van der Waals surface area contributed by atoms with Crippen LogP contribution in [-0.4, -0.2) is 45.2 Å². The highest BCUT2D eigenvalue weighted by Gasteiger charge is 2.19. The summed E-state index contributed by atoms with van der Waals surface area (Å²) in [6.07, 6.45) is 3.30. The second-order valence-corrected chi connectivity index (χ2v) is 5.35. The lowest BCUT2D eigenvalue weighted by Gasteiger charge is -2.24. The fourth-order valence-corrected chi connectivity index (χ4v) is 2.56. The molecule has 21 heavy (non-hydrogen) atoms. The van der Waals surface area contributed by atoms with Crippen molar-refractivity contribution in [1.82, 2.24) is 30.8 Å². The fraction of sp³-hybridized carbons (Fsp3) is 0.385. The summed E-state index contributed by atoms with van der Waals surface area (Å²) in [5, 5.41) is 17.8. The maximum absolute atomic E-state index is 12.5. The molecule has 1 aliphatic rings. The summed E-state index contributed by atoms with van der Waals surface area (Å²) in [5.41, 5.74) is 1.07. The summed E-state index contributed by atoms with van der Waals surface area (Å²) in [5.74, 6) is -0.157. The Balaban J connectivity index is 1.86. The molecule has 7 nitrogen and oxygen atoms in total. The number of aromatic nitrogens is 4. The number of halogens is 1. The minimum Gasteiger partial charge on any atom is -0.349 e. The molecular weight excluding hydrogens is 292 g/mol. The molecule has 1 saturated heterocycles. The number of benzene rings is 1. The SMILES string of the molecule is O=C(NC1CCNCC1)c1cc(Cl)ccc1-n1cnnn1. The largest absolute Gasteiger partial charge is 0.349 e. The van der Waals surface area contributed by atoms with Crippen molar-refractivity contribution in [3.63, 3.8) is 0 Å². The molecule has 1 fully saturated rings. The van der Waals surface area contributed by atoms with Crippen LogP contribution in [0.3, 0.4) is 0 Å². The van der Waals surface area contributed by atoms with Gasteiger partial charge in [0.2, 0.25) is 0 Å². The van der Waals surface area contributed by atoms with E-state index in [4.69, 9.17) is 11.6 Å². The number of tetrazole rings is 1. The number of rotatable bonds is 3. The number of piperidine rings is 1. The standard InChI is InChI=1S/C13H15ClN6O/c14-9-1-2-12(20-8-16-18-19-20)11(7-9)13(21)17-10-3-5-15-6-4-10/h1-2,7-8,10,15H,3-6H2,(H,17,21). The van der Waals surface area contributed by atoms with Crippen LogP contribution in [0.4, 0.5) is 0 Å². The van der Waals surface area contributed by atoms with Crippen molar-refractivity contribution in [2.75, 3.05) is 13.1 Å². The van der Waals surface area contributed by atoms with Gasteiger partial charge in [0.25, 0.3) is 5.91 Å². The van der Waals surface area contributed by atoms with E-state index in [2.05, 4.69) is 26.2 Å². The Morgan fingerprint density at radius 1 is 1.38 bits per heavy atom. The number of nitrogens with one attached hydrogen (secondary N) is 2. The second-order valence-electron chi connectivity index (χ2n) is 4.91. The molecule has 0 bridgehead atoms. The Morgan fingerprint density at radius 3 is 2.90 bits per heavy atom. The van der Waals surface area contributed by atoms with E-state index in [0.29, 0.717) is 16.3 Å². The van der Waals surface area contributed by atoms with Gasteiger partial charge in [-0.3, -0.25) is 4.79 Å². The van der Waals surface area contributed by atoms with E-state index in [0.717, 1.165) is 25.9 Å². The van der Waals surface area contributed by atoms with E-state index in [-0.39, 0.29) is 11.9 Å². The molecular formula is C13H15ClN6O. The van der Waals surface area contributed by atoms with Gasteiger partial charge in [0.15, 0.2) is 0 Å². The van der Waals surface area contributed by atoms with E-state index in [1.54, 1.807) is 18.2 Å². The van der Waals surface area contributed by atoms with E-state index >= 15 is 0 Å². The summed E-state index contributed by atoms with van der Waals surface area (Å²) >= 11 is 6.01. The highest BCUT2D eigenvalue weighted by atomic mass is 35.5. The van der Waals surface area contributed by atoms with Gasteiger partial charge in [-0.15, -0.1) is 5.10 Å². The molecule has 0 saturated carbocycles. The molecule has 2 N–H and O–H groups in total. The Bertz CT molecular complexity index is 624. The van der Waals surface area contributed by atoms with Gasteiger partial charge in [0, 0.05) is 11.1 Å². The van der Waals surface area contributed by atoms with Crippen molar-refractivity contribution in [2.45, 2.75) is 18.9 Å². The van der Waals surface area contributed by atoms with Crippen LogP contribution in [0.2, 0.25) is 5.02 Å². The lowest BCUT2D eigenvalue weighted by Crippen LogP contribution is -2.42. The molecule has 0 spiro atoms. The summed E-state index contributed by atoms with van der Waals surface area (Å²) in [6.45, 7) is 1.83. The van der Waals surface area contributed by atoms with Gasteiger partial charge in [-0.2, -0.15) is 4.68 Å². The fourth-order valence-electron chi connectivity index (χ4n) is 2.39. The smallest absolute Gasteiger partial charge is 0.253 e. The lowest BCUT2D eigenvalue weighted by atomic mass is 10.1. The minimum absolute atomic E-state index is 0.157. The first-order valence-corrected chi connectivity index (χ1v) is 7.16. The molecule has 0 aliphatic carbocycles. The van der Waals surface area contributed by atoms with Gasteiger partial charge in [0.1, 0.15) is 6.33 Å². The third-order valence-corrected chi connectivity index (χ3v) is 3.71. The van der Waals surface area contributed by atoms with Crippen molar-refractivity contribution < 1.29 is 4.79 Å². The third-order valence-electron chi connectivity index (χ3n) is 3.47. The third kappa shape index (κ3) is 3.20. The van der Waals surface area contributed by atoms with Crippen LogP contribution in [0.25, 0.3) is 5.69 Å². The van der Waals surface area contributed by atoms with Gasteiger partial charge in [-0.05, 0) is 54.6 Å².